The van der Waals surface area contributed by atoms with Crippen molar-refractivity contribution in [2.75, 3.05) is 18.6 Å². The molecule has 0 aliphatic carbocycles. The summed E-state index contributed by atoms with van der Waals surface area (Å²) in [6.45, 7) is 0.328. The van der Waals surface area contributed by atoms with Gasteiger partial charge in [0, 0.05) is 23.5 Å². The molecule has 0 radical (unpaired) electrons. The van der Waals surface area contributed by atoms with Gasteiger partial charge in [0.1, 0.15) is 36.2 Å². The molecule has 0 bridgehead atoms. The molecule has 5 rings (SSSR count). The van der Waals surface area contributed by atoms with E-state index in [0.717, 1.165) is 16.5 Å². The molecular weight excluding hydrogens is 496 g/mol. The van der Waals surface area contributed by atoms with Crippen LogP contribution in [0.2, 0.25) is 0 Å². The molecule has 4 N–H and O–H groups in total. The molecule has 2 atom stereocenters. The summed E-state index contributed by atoms with van der Waals surface area (Å²) in [6.07, 6.45) is 3.02. The molecule has 5 heterocycles. The van der Waals surface area contributed by atoms with Gasteiger partial charge in [-0.3, -0.25) is 14.5 Å². The van der Waals surface area contributed by atoms with Crippen LogP contribution in [0, 0.1) is 0 Å². The van der Waals surface area contributed by atoms with Gasteiger partial charge in [0.2, 0.25) is 5.52 Å². The van der Waals surface area contributed by atoms with Crippen molar-refractivity contribution < 1.29 is 33.3 Å². The van der Waals surface area contributed by atoms with Crippen LogP contribution in [0.3, 0.4) is 0 Å². The Kier molecular flexibility index (Phi) is 5.90. The zero-order valence-corrected chi connectivity index (χ0v) is 19.8. The fourth-order valence-electron chi connectivity index (χ4n) is 4.04. The van der Waals surface area contributed by atoms with E-state index in [0.29, 0.717) is 17.9 Å². The molecule has 14 heteroatoms. The Hall–Kier alpha value is -3.91. The van der Waals surface area contributed by atoms with Crippen molar-refractivity contribution in [1.82, 2.24) is 15.2 Å². The summed E-state index contributed by atoms with van der Waals surface area (Å²) in [6, 6.07) is 4.77. The van der Waals surface area contributed by atoms with Crippen molar-refractivity contribution >= 4 is 62.8 Å². The molecule has 2 aliphatic heterocycles. The molecule has 3 aromatic heterocycles. The van der Waals surface area contributed by atoms with E-state index in [2.05, 4.69) is 15.5 Å². The average Bonchev–Trinajstić information content (AvgIpc) is 3.49. The molecule has 3 aromatic rings. The molecule has 2 aliphatic rings. The Balaban J connectivity index is 1.38. The van der Waals surface area contributed by atoms with Gasteiger partial charge in [-0.1, -0.05) is 5.16 Å². The number of nitrogens with zero attached hydrogens (tertiary/aromatic N) is 4. The number of rotatable bonds is 7. The minimum absolute atomic E-state index is 0.0369. The van der Waals surface area contributed by atoms with Crippen molar-refractivity contribution in [2.24, 2.45) is 5.16 Å². The Morgan fingerprint density at radius 1 is 1.46 bits per heavy atom. The first-order valence-corrected chi connectivity index (χ1v) is 12.2. The summed E-state index contributed by atoms with van der Waals surface area (Å²) in [5.41, 5.74) is 6.82. The molecule has 2 amide bonds. The van der Waals surface area contributed by atoms with E-state index in [1.165, 1.54) is 23.8 Å². The third-order valence-corrected chi connectivity index (χ3v) is 7.77. The number of nitrogens with one attached hydrogen (secondary N) is 1. The molecule has 12 nitrogen and oxygen atoms in total. The number of pyridine rings is 1. The SMILES string of the molecule is CO/N=C(\C(=O)NC1C(=O)N2C(C(=O)O)=C(C[n+]3cccc4sccc43)CS[C@H]12)c1coc(N)n1. The number of nitrogens with two attached hydrogens (primary N) is 1. The lowest BCUT2D eigenvalue weighted by molar-refractivity contribution is -0.663. The Bertz CT molecular complexity index is 1410. The number of amides is 2. The lowest BCUT2D eigenvalue weighted by atomic mass is 10.0. The smallest absolute Gasteiger partial charge is 0.352 e. The van der Waals surface area contributed by atoms with Crippen LogP contribution in [0.15, 0.2) is 56.9 Å². The van der Waals surface area contributed by atoms with E-state index in [-0.39, 0.29) is 23.1 Å². The number of aromatic nitrogens is 2. The number of oxazole rings is 1. The molecule has 0 saturated carbocycles. The Labute approximate surface area is 206 Å². The van der Waals surface area contributed by atoms with E-state index in [1.54, 1.807) is 11.3 Å². The lowest BCUT2D eigenvalue weighted by Gasteiger charge is -2.49. The summed E-state index contributed by atoms with van der Waals surface area (Å²) < 4.78 is 7.96. The van der Waals surface area contributed by atoms with Gasteiger partial charge in [0.05, 0.1) is 4.70 Å². The van der Waals surface area contributed by atoms with Crippen molar-refractivity contribution in [1.29, 1.82) is 0 Å². The van der Waals surface area contributed by atoms with E-state index in [4.69, 9.17) is 15.0 Å². The zero-order valence-electron chi connectivity index (χ0n) is 18.2. The first kappa shape index (κ1) is 22.9. The van der Waals surface area contributed by atoms with Crippen LogP contribution in [0.5, 0.6) is 0 Å². The number of thioether (sulfide) groups is 1. The van der Waals surface area contributed by atoms with Gasteiger partial charge >= 0.3 is 5.97 Å². The predicted molar refractivity (Wildman–Crippen MR) is 126 cm³/mol. The highest BCUT2D eigenvalue weighted by Gasteiger charge is 2.54. The van der Waals surface area contributed by atoms with Crippen LogP contribution in [-0.4, -0.2) is 62.8 Å². The summed E-state index contributed by atoms with van der Waals surface area (Å²) in [5, 5.41) is 17.6. The Morgan fingerprint density at radius 3 is 3.00 bits per heavy atom. The number of fused-ring (bicyclic) bond motifs is 2. The van der Waals surface area contributed by atoms with Gasteiger partial charge in [-0.2, -0.15) is 9.55 Å². The topological polar surface area (TPSA) is 164 Å². The average molecular weight is 516 g/mol. The number of carboxylic acid groups (broad SMARTS) is 1. The summed E-state index contributed by atoms with van der Waals surface area (Å²) in [4.78, 5) is 47.8. The minimum atomic E-state index is -1.19. The zero-order chi connectivity index (χ0) is 24.7. The van der Waals surface area contributed by atoms with Gasteiger partial charge in [0.15, 0.2) is 18.5 Å². The number of carboxylic acids is 1. The number of carbonyl (C=O) groups is 3. The Morgan fingerprint density at radius 2 is 2.29 bits per heavy atom. The third kappa shape index (κ3) is 4.00. The maximum absolute atomic E-state index is 13.0. The van der Waals surface area contributed by atoms with Crippen LogP contribution < -0.4 is 15.6 Å². The fraction of sp³-hybridized carbons (Fsp3) is 0.238. The molecule has 1 fully saturated rings. The maximum atomic E-state index is 13.0. The van der Waals surface area contributed by atoms with E-state index >= 15 is 0 Å². The third-order valence-electron chi connectivity index (χ3n) is 5.56. The number of hydrogen-bond donors (Lipinski definition) is 3. The van der Waals surface area contributed by atoms with Gasteiger partial charge in [-0.25, -0.2) is 4.79 Å². The predicted octanol–water partition coefficient (Wildman–Crippen LogP) is 0.548. The first-order chi connectivity index (χ1) is 16.9. The van der Waals surface area contributed by atoms with Crippen molar-refractivity contribution in [3.8, 4) is 0 Å². The van der Waals surface area contributed by atoms with Gasteiger partial charge in [-0.05, 0) is 11.4 Å². The van der Waals surface area contributed by atoms with Gasteiger partial charge < -0.3 is 25.4 Å². The van der Waals surface area contributed by atoms with Crippen LogP contribution >= 0.6 is 23.1 Å². The number of nitrogen functional groups attached to an aromatic ring is 1. The molecule has 0 aromatic carbocycles. The van der Waals surface area contributed by atoms with E-state index < -0.39 is 29.2 Å². The quantitative estimate of drug-likeness (QED) is 0.176. The molecule has 1 saturated heterocycles. The van der Waals surface area contributed by atoms with Crippen molar-refractivity contribution in [3.05, 3.63) is 53.0 Å². The van der Waals surface area contributed by atoms with Gasteiger partial charge in [0.25, 0.3) is 17.8 Å². The van der Waals surface area contributed by atoms with E-state index in [9.17, 15) is 19.5 Å². The highest BCUT2D eigenvalue weighted by Crippen LogP contribution is 2.40. The highest BCUT2D eigenvalue weighted by molar-refractivity contribution is 8.00. The number of hydrogen-bond acceptors (Lipinski definition) is 10. The van der Waals surface area contributed by atoms with Crippen LogP contribution in [-0.2, 0) is 25.8 Å². The van der Waals surface area contributed by atoms with Crippen LogP contribution in [0.4, 0.5) is 6.01 Å². The number of thiophene rings is 1. The van der Waals surface area contributed by atoms with Crippen LogP contribution in [0.1, 0.15) is 5.69 Å². The molecule has 180 valence electrons. The number of β-lactam (4-membered cyclic amide) rings is 1. The standard InChI is InChI=1S/C21H18N6O6S2/c1-32-25-14(11-8-33-21(22)23-11)17(28)24-15-18(29)27-16(20(30)31)10(9-35-19(15)27)7-26-5-2-3-13-12(26)4-6-34-13/h2-6,8,15,19H,7,9H2,1H3,(H3-,22,23,24,28,30,31)/p+1/b25-14-/t15?,19-/m1/s1. The molecular formula is C21H19N6O6S2+. The van der Waals surface area contributed by atoms with Crippen molar-refractivity contribution in [3.63, 3.8) is 0 Å². The summed E-state index contributed by atoms with van der Waals surface area (Å²) >= 11 is 2.98. The number of carbonyl (C=O) groups excluding carboxylic acids is 2. The first-order valence-electron chi connectivity index (χ1n) is 10.3. The lowest BCUT2D eigenvalue weighted by Crippen LogP contribution is -2.71. The largest absolute Gasteiger partial charge is 0.477 e. The fourth-order valence-corrected chi connectivity index (χ4v) is 6.18. The second-order valence-corrected chi connectivity index (χ2v) is 9.67. The minimum Gasteiger partial charge on any atom is -0.477 e. The maximum Gasteiger partial charge on any atom is 0.352 e. The molecule has 1 unspecified atom stereocenters. The highest BCUT2D eigenvalue weighted by atomic mass is 32.2. The van der Waals surface area contributed by atoms with E-state index in [1.807, 2.05) is 34.3 Å². The second kappa shape index (κ2) is 9.03. The van der Waals surface area contributed by atoms with Gasteiger partial charge in [-0.15, -0.1) is 23.1 Å². The number of anilines is 1. The monoisotopic (exact) mass is 515 g/mol. The van der Waals surface area contributed by atoms with Crippen molar-refractivity contribution in [2.45, 2.75) is 18.0 Å². The molecule has 35 heavy (non-hydrogen) atoms. The summed E-state index contributed by atoms with van der Waals surface area (Å²) in [5.74, 6) is -2.07. The molecule has 0 spiro atoms. The number of oxime groups is 1. The normalized spacial score (nSPS) is 20.0. The second-order valence-electron chi connectivity index (χ2n) is 7.62. The number of aliphatic carboxylic acids is 1. The van der Waals surface area contributed by atoms with Crippen LogP contribution in [0.25, 0.3) is 10.2 Å². The summed E-state index contributed by atoms with van der Waals surface area (Å²) in [7, 11) is 1.25.